The van der Waals surface area contributed by atoms with Gasteiger partial charge in [0.2, 0.25) is 0 Å². The van der Waals surface area contributed by atoms with Gasteiger partial charge in [0.1, 0.15) is 11.9 Å². The maximum atomic E-state index is 14.1. The first kappa shape index (κ1) is 26.9. The van der Waals surface area contributed by atoms with Crippen molar-refractivity contribution in [1.82, 2.24) is 5.32 Å². The van der Waals surface area contributed by atoms with E-state index in [1.165, 1.54) is 6.07 Å². The number of allylic oxidation sites excluding steroid dienone is 1. The summed E-state index contributed by atoms with van der Waals surface area (Å²) in [7, 11) is 0. The van der Waals surface area contributed by atoms with Crippen LogP contribution in [0.3, 0.4) is 0 Å². The summed E-state index contributed by atoms with van der Waals surface area (Å²) in [6, 6.07) is 5.53. The number of carboxylic acid groups (broad SMARTS) is 1. The summed E-state index contributed by atoms with van der Waals surface area (Å²) in [5.41, 5.74) is 2.72. The molecule has 36 heavy (non-hydrogen) atoms. The Bertz CT molecular complexity index is 1150. The molecule has 7 nitrogen and oxygen atoms in total. The van der Waals surface area contributed by atoms with Gasteiger partial charge in [-0.1, -0.05) is 44.4 Å². The van der Waals surface area contributed by atoms with Gasteiger partial charge in [0.25, 0.3) is 5.91 Å². The number of hydrogen-bond acceptors (Lipinski definition) is 3. The zero-order valence-corrected chi connectivity index (χ0v) is 21.0. The van der Waals surface area contributed by atoms with E-state index in [0.29, 0.717) is 24.9 Å². The van der Waals surface area contributed by atoms with Gasteiger partial charge in [-0.2, -0.15) is 0 Å². The third-order valence-corrected chi connectivity index (χ3v) is 6.90. The Morgan fingerprint density at radius 3 is 2.31 bits per heavy atom. The summed E-state index contributed by atoms with van der Waals surface area (Å²) < 4.78 is 14.1. The smallest absolute Gasteiger partial charge is 0.326 e. The molecule has 8 heteroatoms. The number of aliphatic carboxylic acids is 1. The van der Waals surface area contributed by atoms with Gasteiger partial charge in [-0.15, -0.1) is 6.58 Å². The highest BCUT2D eigenvalue weighted by Gasteiger charge is 2.41. The molecule has 0 spiro atoms. The monoisotopic (exact) mass is 495 g/mol. The quantitative estimate of drug-likeness (QED) is 0.339. The molecule has 0 bridgehead atoms. The molecule has 2 aromatic rings. The molecule has 192 valence electrons. The first-order valence-corrected chi connectivity index (χ1v) is 12.2. The van der Waals surface area contributed by atoms with E-state index in [4.69, 9.17) is 0 Å². The number of halogens is 1. The normalized spacial score (nSPS) is 15.4. The van der Waals surface area contributed by atoms with Crippen LogP contribution in [0.25, 0.3) is 0 Å². The van der Waals surface area contributed by atoms with Crippen molar-refractivity contribution in [2.75, 3.05) is 10.6 Å². The maximum Gasteiger partial charge on any atom is 0.326 e. The van der Waals surface area contributed by atoms with E-state index >= 15 is 0 Å². The largest absolute Gasteiger partial charge is 0.480 e. The van der Waals surface area contributed by atoms with Crippen LogP contribution in [-0.2, 0) is 11.2 Å². The third-order valence-electron chi connectivity index (χ3n) is 6.90. The van der Waals surface area contributed by atoms with Crippen molar-refractivity contribution in [3.63, 3.8) is 0 Å². The fourth-order valence-corrected chi connectivity index (χ4v) is 5.01. The Morgan fingerprint density at radius 1 is 1.08 bits per heavy atom. The molecule has 0 aliphatic heterocycles. The fourth-order valence-electron chi connectivity index (χ4n) is 5.01. The number of amides is 3. The van der Waals surface area contributed by atoms with Gasteiger partial charge in [0, 0.05) is 5.69 Å². The number of urea groups is 1. The van der Waals surface area contributed by atoms with Crippen molar-refractivity contribution < 1.29 is 23.9 Å². The number of rotatable bonds is 8. The molecule has 1 saturated carbocycles. The molecule has 1 aliphatic rings. The predicted molar refractivity (Wildman–Crippen MR) is 139 cm³/mol. The molecular weight excluding hydrogens is 461 g/mol. The molecule has 0 aromatic heterocycles. The van der Waals surface area contributed by atoms with Crippen molar-refractivity contribution in [3.05, 3.63) is 71.1 Å². The second kappa shape index (κ2) is 11.4. The topological polar surface area (TPSA) is 108 Å². The van der Waals surface area contributed by atoms with Crippen LogP contribution in [0.15, 0.2) is 43.0 Å². The molecule has 2 aromatic carbocycles. The summed E-state index contributed by atoms with van der Waals surface area (Å²) in [6.07, 6.45) is 6.70. The van der Waals surface area contributed by atoms with Gasteiger partial charge >= 0.3 is 12.0 Å². The van der Waals surface area contributed by atoms with Gasteiger partial charge < -0.3 is 21.1 Å². The number of benzene rings is 2. The van der Waals surface area contributed by atoms with Crippen LogP contribution < -0.4 is 16.0 Å². The van der Waals surface area contributed by atoms with Gasteiger partial charge in [-0.3, -0.25) is 4.79 Å². The van der Waals surface area contributed by atoms with Gasteiger partial charge in [-0.25, -0.2) is 14.0 Å². The fraction of sp³-hybridized carbons (Fsp3) is 0.393. The first-order valence-electron chi connectivity index (χ1n) is 12.2. The minimum atomic E-state index is -1.12. The van der Waals surface area contributed by atoms with Crippen LogP contribution in [-0.4, -0.2) is 29.1 Å². The summed E-state index contributed by atoms with van der Waals surface area (Å²) in [4.78, 5) is 38.0. The van der Waals surface area contributed by atoms with E-state index < -0.39 is 35.2 Å². The highest BCUT2D eigenvalue weighted by molar-refractivity contribution is 6.07. The molecule has 0 saturated heterocycles. The third kappa shape index (κ3) is 6.30. The highest BCUT2D eigenvalue weighted by atomic mass is 19.1. The lowest BCUT2D eigenvalue weighted by Crippen LogP contribution is -2.52. The van der Waals surface area contributed by atoms with Gasteiger partial charge in [-0.05, 0) is 73.4 Å². The van der Waals surface area contributed by atoms with E-state index in [2.05, 4.69) is 22.5 Å². The highest BCUT2D eigenvalue weighted by Crippen LogP contribution is 2.39. The summed E-state index contributed by atoms with van der Waals surface area (Å²) >= 11 is 0. The number of carbonyl (C=O) groups excluding carboxylic acids is 2. The average Bonchev–Trinajstić information content (AvgIpc) is 2.80. The molecule has 0 heterocycles. The van der Waals surface area contributed by atoms with Crippen LogP contribution in [0, 0.1) is 25.1 Å². The summed E-state index contributed by atoms with van der Waals surface area (Å²) in [5, 5.41) is 17.8. The summed E-state index contributed by atoms with van der Waals surface area (Å²) in [6.45, 7) is 9.35. The zero-order valence-electron chi connectivity index (χ0n) is 21.0. The van der Waals surface area contributed by atoms with Crippen LogP contribution in [0.1, 0.15) is 66.1 Å². The minimum Gasteiger partial charge on any atom is -0.480 e. The van der Waals surface area contributed by atoms with Gasteiger partial charge in [0.15, 0.2) is 0 Å². The second-order valence-corrected chi connectivity index (χ2v) is 9.83. The Kier molecular flexibility index (Phi) is 8.50. The molecule has 1 fully saturated rings. The second-order valence-electron chi connectivity index (χ2n) is 9.83. The predicted octanol–water partition coefficient (Wildman–Crippen LogP) is 5.97. The molecule has 0 radical (unpaired) electrons. The number of carbonyl (C=O) groups is 3. The molecule has 4 N–H and O–H groups in total. The number of carboxylic acids is 1. The van der Waals surface area contributed by atoms with Crippen molar-refractivity contribution in [3.8, 4) is 0 Å². The number of hydrogen-bond donors (Lipinski definition) is 4. The Morgan fingerprint density at radius 2 is 1.72 bits per heavy atom. The van der Waals surface area contributed by atoms with Crippen LogP contribution in [0.2, 0.25) is 0 Å². The Labute approximate surface area is 211 Å². The lowest BCUT2D eigenvalue weighted by molar-refractivity contribution is -0.143. The zero-order chi connectivity index (χ0) is 26.5. The molecule has 1 aliphatic carbocycles. The maximum absolute atomic E-state index is 14.1. The molecule has 3 rings (SSSR count). The SMILES string of the molecule is C=CCc1cc(C)c(NC(=O)Nc2cc(F)ccc2C(=O)N[C@H](C(=O)O)C2(C)CCCCC2)c(C)c1. The van der Waals surface area contributed by atoms with Crippen molar-refractivity contribution in [2.45, 2.75) is 65.3 Å². The van der Waals surface area contributed by atoms with E-state index in [0.717, 1.165) is 48.1 Å². The van der Waals surface area contributed by atoms with Crippen LogP contribution in [0.5, 0.6) is 0 Å². The van der Waals surface area contributed by atoms with Crippen molar-refractivity contribution in [1.29, 1.82) is 0 Å². The van der Waals surface area contributed by atoms with Crippen molar-refractivity contribution >= 4 is 29.3 Å². The minimum absolute atomic E-state index is 0.0213. The molecular formula is C28H34FN3O4. The van der Waals surface area contributed by atoms with Gasteiger partial charge in [0.05, 0.1) is 11.3 Å². The number of nitrogens with one attached hydrogen (secondary N) is 3. The van der Waals surface area contributed by atoms with E-state index in [-0.39, 0.29) is 11.3 Å². The molecule has 1 atom stereocenters. The number of anilines is 2. The standard InChI is InChI=1S/C28H34FN3O4/c1-5-9-19-14-17(2)23(18(3)15-19)31-27(36)30-22-16-20(29)10-11-21(22)25(33)32-24(26(34)35)28(4)12-7-6-8-13-28/h5,10-11,14-16,24H,1,6-9,12-13H2,2-4H3,(H,32,33)(H,34,35)(H2,30,31,36)/t24-/m1/s1. The first-order chi connectivity index (χ1) is 17.0. The van der Waals surface area contributed by atoms with Crippen LogP contribution >= 0.6 is 0 Å². The Balaban J connectivity index is 1.81. The molecule has 0 unspecified atom stereocenters. The lowest BCUT2D eigenvalue weighted by atomic mass is 9.70. The number of aryl methyl sites for hydroxylation is 2. The van der Waals surface area contributed by atoms with E-state index in [9.17, 15) is 23.9 Å². The molecule has 3 amide bonds. The van der Waals surface area contributed by atoms with E-state index in [1.54, 1.807) is 6.08 Å². The lowest BCUT2D eigenvalue weighted by Gasteiger charge is -2.38. The Hall–Kier alpha value is -3.68. The van der Waals surface area contributed by atoms with Crippen molar-refractivity contribution in [2.24, 2.45) is 5.41 Å². The van der Waals surface area contributed by atoms with E-state index in [1.807, 2.05) is 32.9 Å². The average molecular weight is 496 g/mol. The summed E-state index contributed by atoms with van der Waals surface area (Å²) in [5.74, 6) is -2.45. The van der Waals surface area contributed by atoms with Crippen LogP contribution in [0.4, 0.5) is 20.6 Å².